The second kappa shape index (κ2) is 6.78. The van der Waals surface area contributed by atoms with E-state index in [0.29, 0.717) is 4.91 Å². The Labute approximate surface area is 104 Å². The van der Waals surface area contributed by atoms with E-state index in [9.17, 15) is 4.79 Å². The van der Waals surface area contributed by atoms with Crippen molar-refractivity contribution in [2.24, 2.45) is 11.0 Å². The van der Waals surface area contributed by atoms with Gasteiger partial charge in [0.25, 0.3) is 5.91 Å². The second-order valence-corrected chi connectivity index (χ2v) is 4.80. The molecule has 0 N–H and O–H groups in total. The van der Waals surface area contributed by atoms with Crippen LogP contribution in [0, 0.1) is 5.92 Å². The molecule has 0 unspecified atom stereocenters. The summed E-state index contributed by atoms with van der Waals surface area (Å²) in [5, 5.41) is 3.13. The predicted molar refractivity (Wildman–Crippen MR) is 69.4 cm³/mol. The molecule has 0 bridgehead atoms. The van der Waals surface area contributed by atoms with Gasteiger partial charge in [0.15, 0.2) is 0 Å². The topological polar surface area (TPSA) is 65.8 Å². The van der Waals surface area contributed by atoms with Gasteiger partial charge in [-0.25, -0.2) is 0 Å². The largest absolute Gasteiger partial charge is 0.286 e. The van der Waals surface area contributed by atoms with Crippen LogP contribution in [0.3, 0.4) is 0 Å². The Hall–Kier alpha value is -1.71. The third-order valence-electron chi connectivity index (χ3n) is 1.80. The molecule has 0 aliphatic heterocycles. The van der Waals surface area contributed by atoms with Gasteiger partial charge < -0.3 is 0 Å². The number of thioether (sulfide) groups is 1. The van der Waals surface area contributed by atoms with Crippen LogP contribution in [0.25, 0.3) is 10.4 Å². The van der Waals surface area contributed by atoms with Gasteiger partial charge in [0.2, 0.25) is 0 Å². The molecule has 5 heteroatoms. The van der Waals surface area contributed by atoms with Gasteiger partial charge in [-0.15, -0.1) is 0 Å². The normalized spacial score (nSPS) is 11.1. The first-order chi connectivity index (χ1) is 8.13. The molecule has 88 valence electrons. The molecular formula is C12H13N3OS. The fourth-order valence-corrected chi connectivity index (χ4v) is 2.17. The van der Waals surface area contributed by atoms with Crippen molar-refractivity contribution in [3.63, 3.8) is 0 Å². The lowest BCUT2D eigenvalue weighted by Gasteiger charge is -2.04. The molecule has 4 nitrogen and oxygen atoms in total. The van der Waals surface area contributed by atoms with Crippen LogP contribution in [-0.2, 0) is 4.79 Å². The molecule has 0 atom stereocenters. The monoisotopic (exact) mass is 247 g/mol. The number of nitrogens with zero attached hydrogens (tertiary/aromatic N) is 3. The Morgan fingerprint density at radius 2 is 2.06 bits per heavy atom. The number of carbonyl (C=O) groups excluding carboxylic acids is 1. The van der Waals surface area contributed by atoms with E-state index < -0.39 is 5.91 Å². The Bertz CT molecular complexity index is 462. The fraction of sp³-hybridized carbons (Fsp3) is 0.250. The van der Waals surface area contributed by atoms with Gasteiger partial charge in [-0.05, 0) is 28.7 Å². The Morgan fingerprint density at radius 1 is 1.41 bits per heavy atom. The summed E-state index contributed by atoms with van der Waals surface area (Å²) >= 11 is 1.31. The quantitative estimate of drug-likeness (QED) is 0.263. The van der Waals surface area contributed by atoms with Crippen LogP contribution in [0.5, 0.6) is 0 Å². The van der Waals surface area contributed by atoms with Crippen molar-refractivity contribution < 1.29 is 4.79 Å². The van der Waals surface area contributed by atoms with Gasteiger partial charge in [-0.3, -0.25) is 4.79 Å². The molecule has 1 aromatic carbocycles. The lowest BCUT2D eigenvalue weighted by Crippen LogP contribution is -1.96. The van der Waals surface area contributed by atoms with Crippen LogP contribution in [0.1, 0.15) is 13.8 Å². The average Bonchev–Trinajstić information content (AvgIpc) is 2.29. The van der Waals surface area contributed by atoms with E-state index >= 15 is 0 Å². The molecule has 0 aliphatic rings. The van der Waals surface area contributed by atoms with E-state index in [2.05, 4.69) is 10.0 Å². The molecule has 0 aromatic heterocycles. The SMILES string of the molecule is CC(C)/C=C(/Sc1ccccc1)C(=O)N=[N+]=[N-]. The predicted octanol–water partition coefficient (Wildman–Crippen LogP) is 4.16. The van der Waals surface area contributed by atoms with Crippen LogP contribution in [-0.4, -0.2) is 5.91 Å². The fourth-order valence-electron chi connectivity index (χ4n) is 1.16. The minimum absolute atomic E-state index is 0.221. The standard InChI is InChI=1S/C12H13N3OS/c1-9(2)8-11(12(16)14-15-13)17-10-6-4-3-5-7-10/h3-9H,1-2H3/b11-8+. The van der Waals surface area contributed by atoms with Crippen molar-refractivity contribution >= 4 is 17.7 Å². The number of hydrogen-bond acceptors (Lipinski definition) is 2. The van der Waals surface area contributed by atoms with Crippen molar-refractivity contribution in [1.29, 1.82) is 0 Å². The number of rotatable bonds is 4. The molecule has 0 saturated carbocycles. The summed E-state index contributed by atoms with van der Waals surface area (Å²) < 4.78 is 0. The summed E-state index contributed by atoms with van der Waals surface area (Å²) in [6.45, 7) is 3.93. The second-order valence-electron chi connectivity index (χ2n) is 3.68. The van der Waals surface area contributed by atoms with Crippen LogP contribution in [0.4, 0.5) is 0 Å². The first-order valence-electron chi connectivity index (χ1n) is 5.17. The molecular weight excluding hydrogens is 234 g/mol. The van der Waals surface area contributed by atoms with Crippen molar-refractivity contribution in [1.82, 2.24) is 0 Å². The van der Waals surface area contributed by atoms with E-state index in [4.69, 9.17) is 5.53 Å². The van der Waals surface area contributed by atoms with E-state index in [-0.39, 0.29) is 5.92 Å². The summed E-state index contributed by atoms with van der Waals surface area (Å²) in [7, 11) is 0. The molecule has 1 rings (SSSR count). The van der Waals surface area contributed by atoms with Crippen LogP contribution in [0.2, 0.25) is 0 Å². The highest BCUT2D eigenvalue weighted by Crippen LogP contribution is 2.28. The van der Waals surface area contributed by atoms with Gasteiger partial charge in [0.05, 0.1) is 4.91 Å². The zero-order valence-corrected chi connectivity index (χ0v) is 10.5. The molecule has 0 fully saturated rings. The highest BCUT2D eigenvalue weighted by molar-refractivity contribution is 8.04. The smallest absolute Gasteiger partial charge is 0.255 e. The van der Waals surface area contributed by atoms with E-state index in [1.807, 2.05) is 44.2 Å². The molecule has 0 spiro atoms. The highest BCUT2D eigenvalue weighted by Gasteiger charge is 2.10. The van der Waals surface area contributed by atoms with Crippen molar-refractivity contribution in [2.45, 2.75) is 18.7 Å². The Balaban J connectivity index is 2.93. The third-order valence-corrected chi connectivity index (χ3v) is 2.84. The van der Waals surface area contributed by atoms with Gasteiger partial charge in [0, 0.05) is 9.81 Å². The van der Waals surface area contributed by atoms with Crippen LogP contribution in [0.15, 0.2) is 51.3 Å². The van der Waals surface area contributed by atoms with Crippen molar-refractivity contribution in [3.8, 4) is 0 Å². The number of azide groups is 1. The Morgan fingerprint density at radius 3 is 2.59 bits per heavy atom. The molecule has 1 amide bonds. The number of amides is 1. The van der Waals surface area contributed by atoms with E-state index in [0.717, 1.165) is 4.90 Å². The third kappa shape index (κ3) is 4.76. The maximum absolute atomic E-state index is 11.6. The summed E-state index contributed by atoms with van der Waals surface area (Å²) in [5.41, 5.74) is 8.29. The number of hydrogen-bond donors (Lipinski definition) is 0. The summed E-state index contributed by atoms with van der Waals surface area (Å²) in [6, 6.07) is 9.51. The van der Waals surface area contributed by atoms with Crippen LogP contribution >= 0.6 is 11.8 Å². The zero-order chi connectivity index (χ0) is 12.7. The molecule has 0 aliphatic carbocycles. The minimum atomic E-state index is -0.532. The number of carbonyl (C=O) groups is 1. The first-order valence-corrected chi connectivity index (χ1v) is 5.99. The summed E-state index contributed by atoms with van der Waals surface area (Å²) in [6.07, 6.45) is 1.80. The van der Waals surface area contributed by atoms with Crippen LogP contribution < -0.4 is 0 Å². The van der Waals surface area contributed by atoms with Crippen molar-refractivity contribution in [2.75, 3.05) is 0 Å². The van der Waals surface area contributed by atoms with Gasteiger partial charge >= 0.3 is 0 Å². The molecule has 17 heavy (non-hydrogen) atoms. The van der Waals surface area contributed by atoms with E-state index in [1.165, 1.54) is 11.8 Å². The average molecular weight is 247 g/mol. The number of benzene rings is 1. The minimum Gasteiger partial charge on any atom is -0.286 e. The van der Waals surface area contributed by atoms with E-state index in [1.54, 1.807) is 6.08 Å². The van der Waals surface area contributed by atoms with Gasteiger partial charge in [-0.1, -0.05) is 49.9 Å². The number of allylic oxidation sites excluding steroid dienone is 1. The lowest BCUT2D eigenvalue weighted by atomic mass is 10.2. The molecule has 1 aromatic rings. The highest BCUT2D eigenvalue weighted by atomic mass is 32.2. The molecule has 0 heterocycles. The molecule has 0 radical (unpaired) electrons. The zero-order valence-electron chi connectivity index (χ0n) is 9.70. The van der Waals surface area contributed by atoms with Gasteiger partial charge in [0.1, 0.15) is 0 Å². The lowest BCUT2D eigenvalue weighted by molar-refractivity contribution is -0.113. The first kappa shape index (κ1) is 13.4. The van der Waals surface area contributed by atoms with Crippen molar-refractivity contribution in [3.05, 3.63) is 51.8 Å². The van der Waals surface area contributed by atoms with Gasteiger partial charge in [-0.2, -0.15) is 0 Å². The summed E-state index contributed by atoms with van der Waals surface area (Å²) in [4.78, 5) is 15.5. The maximum Gasteiger partial charge on any atom is 0.255 e. The summed E-state index contributed by atoms with van der Waals surface area (Å²) in [5.74, 6) is -0.311. The Kier molecular flexibility index (Phi) is 5.33. The maximum atomic E-state index is 11.6. The molecule has 0 saturated heterocycles.